The summed E-state index contributed by atoms with van der Waals surface area (Å²) in [6, 6.07) is 7.19. The molecule has 1 aromatic rings. The Hall–Kier alpha value is -1.76. The molecule has 1 aromatic carbocycles. The second-order valence-corrected chi connectivity index (χ2v) is 5.13. The van der Waals surface area contributed by atoms with Gasteiger partial charge >= 0.3 is 6.18 Å². The number of anilines is 1. The summed E-state index contributed by atoms with van der Waals surface area (Å²) in [6.07, 6.45) is -4.39. The number of carbonyl (C=O) groups is 1. The maximum absolute atomic E-state index is 12.1. The third-order valence-corrected chi connectivity index (χ3v) is 2.93. The van der Waals surface area contributed by atoms with E-state index in [0.29, 0.717) is 12.2 Å². The lowest BCUT2D eigenvalue weighted by molar-refractivity contribution is -0.139. The molecule has 0 heterocycles. The van der Waals surface area contributed by atoms with Crippen molar-refractivity contribution in [2.75, 3.05) is 18.8 Å². The van der Waals surface area contributed by atoms with Gasteiger partial charge in [-0.1, -0.05) is 12.1 Å². The van der Waals surface area contributed by atoms with Gasteiger partial charge in [-0.05, 0) is 31.5 Å². The van der Waals surface area contributed by atoms with E-state index in [1.54, 1.807) is 17.0 Å². The highest BCUT2D eigenvalue weighted by Crippen LogP contribution is 2.13. The summed E-state index contributed by atoms with van der Waals surface area (Å²) >= 11 is 0. The maximum Gasteiger partial charge on any atom is 0.405 e. The molecule has 118 valence electrons. The van der Waals surface area contributed by atoms with Crippen molar-refractivity contribution >= 4 is 11.6 Å². The minimum atomic E-state index is -4.39. The van der Waals surface area contributed by atoms with Crippen LogP contribution in [0.15, 0.2) is 24.3 Å². The molecule has 0 spiro atoms. The first kappa shape index (κ1) is 17.3. The largest absolute Gasteiger partial charge is 0.405 e. The lowest BCUT2D eigenvalue weighted by atomic mass is 10.1. The number of hydrogen-bond donors (Lipinski definition) is 2. The summed E-state index contributed by atoms with van der Waals surface area (Å²) in [6.45, 7) is 2.85. The molecule has 0 unspecified atom stereocenters. The van der Waals surface area contributed by atoms with Gasteiger partial charge in [0.25, 0.3) is 0 Å². The normalized spacial score (nSPS) is 12.0. The number of amides is 1. The molecule has 0 saturated heterocycles. The number of halogens is 3. The van der Waals surface area contributed by atoms with Crippen LogP contribution in [0.25, 0.3) is 0 Å². The van der Waals surface area contributed by atoms with Crippen LogP contribution >= 0.6 is 0 Å². The molecule has 0 aliphatic carbocycles. The van der Waals surface area contributed by atoms with Gasteiger partial charge in [-0.15, -0.1) is 0 Å². The first-order valence-corrected chi connectivity index (χ1v) is 6.59. The molecule has 0 atom stereocenters. The van der Waals surface area contributed by atoms with Crippen molar-refractivity contribution in [2.24, 2.45) is 0 Å². The van der Waals surface area contributed by atoms with Crippen molar-refractivity contribution in [3.05, 3.63) is 29.8 Å². The molecule has 0 aliphatic rings. The SMILES string of the molecule is CC(C)N(CC(=O)NCC(F)(F)F)Cc1ccc(N)cc1. The van der Waals surface area contributed by atoms with Gasteiger partial charge in [0.1, 0.15) is 6.54 Å². The lowest BCUT2D eigenvalue weighted by Crippen LogP contribution is -2.43. The zero-order valence-corrected chi connectivity index (χ0v) is 12.1. The van der Waals surface area contributed by atoms with E-state index in [0.717, 1.165) is 5.56 Å². The quantitative estimate of drug-likeness (QED) is 0.792. The molecule has 0 aromatic heterocycles. The third kappa shape index (κ3) is 6.99. The standard InChI is InChI=1S/C14H20F3N3O/c1-10(2)20(7-11-3-5-12(18)6-4-11)8-13(21)19-9-14(15,16)17/h3-6,10H,7-9,18H2,1-2H3,(H,19,21). The Balaban J connectivity index is 2.57. The van der Waals surface area contributed by atoms with E-state index in [9.17, 15) is 18.0 Å². The van der Waals surface area contributed by atoms with Crippen molar-refractivity contribution in [1.29, 1.82) is 0 Å². The number of nitrogens with one attached hydrogen (secondary N) is 1. The average Bonchev–Trinajstić information content (AvgIpc) is 2.37. The molecule has 4 nitrogen and oxygen atoms in total. The van der Waals surface area contributed by atoms with Gasteiger partial charge in [0.2, 0.25) is 5.91 Å². The monoisotopic (exact) mass is 303 g/mol. The van der Waals surface area contributed by atoms with Crippen LogP contribution < -0.4 is 11.1 Å². The molecule has 0 saturated carbocycles. The van der Waals surface area contributed by atoms with Crippen LogP contribution in [0.4, 0.5) is 18.9 Å². The maximum atomic E-state index is 12.1. The van der Waals surface area contributed by atoms with E-state index >= 15 is 0 Å². The minimum Gasteiger partial charge on any atom is -0.399 e. The Bertz CT molecular complexity index is 458. The summed E-state index contributed by atoms with van der Waals surface area (Å²) in [5.74, 6) is -0.642. The van der Waals surface area contributed by atoms with Crippen LogP contribution in [0.3, 0.4) is 0 Å². The zero-order chi connectivity index (χ0) is 16.0. The zero-order valence-electron chi connectivity index (χ0n) is 12.1. The van der Waals surface area contributed by atoms with E-state index in [2.05, 4.69) is 0 Å². The summed E-state index contributed by atoms with van der Waals surface area (Å²) < 4.78 is 36.2. The fourth-order valence-electron chi connectivity index (χ4n) is 1.72. The van der Waals surface area contributed by atoms with Gasteiger partial charge in [0.15, 0.2) is 0 Å². The molecule has 3 N–H and O–H groups in total. The van der Waals surface area contributed by atoms with Crippen molar-refractivity contribution < 1.29 is 18.0 Å². The summed E-state index contributed by atoms with van der Waals surface area (Å²) in [5, 5.41) is 1.88. The van der Waals surface area contributed by atoms with Crippen molar-refractivity contribution in [2.45, 2.75) is 32.6 Å². The number of rotatable bonds is 6. The van der Waals surface area contributed by atoms with Gasteiger partial charge in [0.05, 0.1) is 6.54 Å². The van der Waals surface area contributed by atoms with E-state index in [1.807, 2.05) is 31.3 Å². The Morgan fingerprint density at radius 3 is 2.33 bits per heavy atom. The summed E-state index contributed by atoms with van der Waals surface area (Å²) in [5.41, 5.74) is 7.18. The third-order valence-electron chi connectivity index (χ3n) is 2.93. The second-order valence-electron chi connectivity index (χ2n) is 5.13. The van der Waals surface area contributed by atoms with Crippen molar-refractivity contribution in [1.82, 2.24) is 10.2 Å². The Morgan fingerprint density at radius 2 is 1.86 bits per heavy atom. The van der Waals surface area contributed by atoms with E-state index < -0.39 is 18.6 Å². The van der Waals surface area contributed by atoms with Crippen LogP contribution in [0, 0.1) is 0 Å². The number of nitrogen functional groups attached to an aromatic ring is 1. The summed E-state index contributed by atoms with van der Waals surface area (Å²) in [4.78, 5) is 13.4. The number of benzene rings is 1. The fourth-order valence-corrected chi connectivity index (χ4v) is 1.72. The Morgan fingerprint density at radius 1 is 1.29 bits per heavy atom. The van der Waals surface area contributed by atoms with Crippen LogP contribution in [0.1, 0.15) is 19.4 Å². The van der Waals surface area contributed by atoms with Gasteiger partial charge in [-0.2, -0.15) is 13.2 Å². The van der Waals surface area contributed by atoms with Gasteiger partial charge in [-0.3, -0.25) is 9.69 Å². The lowest BCUT2D eigenvalue weighted by Gasteiger charge is -2.26. The van der Waals surface area contributed by atoms with Crippen LogP contribution in [-0.2, 0) is 11.3 Å². The van der Waals surface area contributed by atoms with E-state index in [-0.39, 0.29) is 12.6 Å². The first-order chi connectivity index (χ1) is 9.67. The number of carbonyl (C=O) groups excluding carboxylic acids is 1. The molecule has 1 amide bonds. The van der Waals surface area contributed by atoms with Gasteiger partial charge < -0.3 is 11.1 Å². The van der Waals surface area contributed by atoms with Gasteiger partial charge in [-0.25, -0.2) is 0 Å². The predicted octanol–water partition coefficient (Wildman–Crippen LogP) is 2.16. The van der Waals surface area contributed by atoms with Gasteiger partial charge in [0, 0.05) is 18.3 Å². The molecule has 0 aliphatic heterocycles. The van der Waals surface area contributed by atoms with Crippen LogP contribution in [0.2, 0.25) is 0 Å². The molecule has 7 heteroatoms. The molecule has 0 radical (unpaired) electrons. The van der Waals surface area contributed by atoms with E-state index in [1.165, 1.54) is 0 Å². The van der Waals surface area contributed by atoms with E-state index in [4.69, 9.17) is 5.73 Å². The molecule has 0 bridgehead atoms. The molecular formula is C14H20F3N3O. The highest BCUT2D eigenvalue weighted by molar-refractivity contribution is 5.78. The Kier molecular flexibility index (Phi) is 6.02. The molecular weight excluding hydrogens is 283 g/mol. The smallest absolute Gasteiger partial charge is 0.399 e. The number of hydrogen-bond acceptors (Lipinski definition) is 3. The number of nitrogens with zero attached hydrogens (tertiary/aromatic N) is 1. The topological polar surface area (TPSA) is 58.4 Å². The van der Waals surface area contributed by atoms with Crippen LogP contribution in [0.5, 0.6) is 0 Å². The molecule has 21 heavy (non-hydrogen) atoms. The minimum absolute atomic E-state index is 0.0270. The highest BCUT2D eigenvalue weighted by atomic mass is 19.4. The number of nitrogens with two attached hydrogens (primary N) is 1. The van der Waals surface area contributed by atoms with Crippen LogP contribution in [-0.4, -0.2) is 36.1 Å². The summed E-state index contributed by atoms with van der Waals surface area (Å²) in [7, 11) is 0. The molecule has 1 rings (SSSR count). The Labute approximate surface area is 122 Å². The second kappa shape index (κ2) is 7.31. The average molecular weight is 303 g/mol. The number of alkyl halides is 3. The molecule has 0 fully saturated rings. The van der Waals surface area contributed by atoms with Crippen molar-refractivity contribution in [3.8, 4) is 0 Å². The highest BCUT2D eigenvalue weighted by Gasteiger charge is 2.28. The predicted molar refractivity (Wildman–Crippen MR) is 75.5 cm³/mol. The fraction of sp³-hybridized carbons (Fsp3) is 0.500. The first-order valence-electron chi connectivity index (χ1n) is 6.59. The van der Waals surface area contributed by atoms with Crippen molar-refractivity contribution in [3.63, 3.8) is 0 Å².